The lowest BCUT2D eigenvalue weighted by Crippen LogP contribution is -2.36. The van der Waals surface area contributed by atoms with Crippen molar-refractivity contribution in [2.75, 3.05) is 13.1 Å². The Balaban J connectivity index is 1.96. The molecule has 1 heterocycles. The molecule has 0 saturated carbocycles. The third-order valence-corrected chi connectivity index (χ3v) is 5.49. The predicted octanol–water partition coefficient (Wildman–Crippen LogP) is 1.62. The maximum atomic E-state index is 13.1. The molecule has 3 N–H and O–H groups in total. The number of carbonyl (C=O) groups is 4. The minimum atomic E-state index is -1.10. The predicted molar refractivity (Wildman–Crippen MR) is 96.0 cm³/mol. The molecule has 2 aliphatic rings. The van der Waals surface area contributed by atoms with Crippen molar-refractivity contribution in [1.82, 2.24) is 5.32 Å². The normalized spacial score (nSPS) is 23.6. The summed E-state index contributed by atoms with van der Waals surface area (Å²) < 4.78 is 0. The van der Waals surface area contributed by atoms with E-state index in [1.807, 2.05) is 6.07 Å². The van der Waals surface area contributed by atoms with Crippen LogP contribution in [-0.4, -0.2) is 36.3 Å². The molecule has 1 aliphatic carbocycles. The summed E-state index contributed by atoms with van der Waals surface area (Å²) in [6.45, 7) is 3.14. The van der Waals surface area contributed by atoms with E-state index in [1.165, 1.54) is 6.92 Å². The van der Waals surface area contributed by atoms with Crippen LogP contribution in [0.3, 0.4) is 0 Å². The summed E-state index contributed by atoms with van der Waals surface area (Å²) in [5, 5.41) is 3.33. The molecule has 138 valence electrons. The zero-order valence-electron chi connectivity index (χ0n) is 14.9. The number of primary amides is 1. The summed E-state index contributed by atoms with van der Waals surface area (Å²) in [6.07, 6.45) is 2.23. The first-order valence-corrected chi connectivity index (χ1v) is 9.12. The Morgan fingerprint density at radius 1 is 1.27 bits per heavy atom. The van der Waals surface area contributed by atoms with Crippen molar-refractivity contribution in [3.8, 4) is 0 Å². The molecule has 6 nitrogen and oxygen atoms in total. The van der Waals surface area contributed by atoms with Gasteiger partial charge < -0.3 is 15.8 Å². The van der Waals surface area contributed by atoms with E-state index in [9.17, 15) is 19.2 Å². The van der Waals surface area contributed by atoms with Crippen LogP contribution in [0.4, 0.5) is 0 Å². The Hall–Kier alpha value is -2.34. The van der Waals surface area contributed by atoms with Crippen molar-refractivity contribution >= 4 is 23.3 Å². The quantitative estimate of drug-likeness (QED) is 0.753. The van der Waals surface area contributed by atoms with Gasteiger partial charge in [0.2, 0.25) is 5.91 Å². The second kappa shape index (κ2) is 7.50. The Bertz CT molecular complexity index is 765. The van der Waals surface area contributed by atoms with Gasteiger partial charge in [0, 0.05) is 24.1 Å². The number of hydrogen-bond acceptors (Lipinski definition) is 5. The minimum Gasteiger partial charge on any atom is -0.369 e. The fraction of sp³-hybridized carbons (Fsp3) is 0.500. The molecule has 0 radical (unpaired) electrons. The standard InChI is InChI=1S/C20H24N2O4/c1-11(23)7-8-15(20(21)26)17-18(24)14-6-2-5-13(16(14)19(17)25)12-4-3-9-22-10-12/h2,5-6,12,15,17,22H,3-4,7-10H2,1H3,(H2,21,26). The summed E-state index contributed by atoms with van der Waals surface area (Å²) in [7, 11) is 0. The Morgan fingerprint density at radius 2 is 2.04 bits per heavy atom. The second-order valence-corrected chi connectivity index (χ2v) is 7.27. The summed E-state index contributed by atoms with van der Waals surface area (Å²) in [6, 6.07) is 5.35. The SMILES string of the molecule is CC(=O)CCC(C(N)=O)C1C(=O)c2cccc(C3CCCNC3)c2C1=O. The third-order valence-electron chi connectivity index (χ3n) is 5.49. The first-order chi connectivity index (χ1) is 12.4. The molecule has 3 unspecified atom stereocenters. The number of rotatable bonds is 6. The van der Waals surface area contributed by atoms with E-state index in [-0.39, 0.29) is 36.1 Å². The molecule has 3 rings (SSSR count). The maximum absolute atomic E-state index is 13.1. The first-order valence-electron chi connectivity index (χ1n) is 9.12. The number of Topliss-reactive ketones (excluding diaryl/α,β-unsaturated/α-hetero) is 3. The molecule has 1 aromatic carbocycles. The molecule has 1 aliphatic heterocycles. The molecule has 6 heteroatoms. The zero-order valence-corrected chi connectivity index (χ0v) is 14.9. The summed E-state index contributed by atoms with van der Waals surface area (Å²) in [5.41, 5.74) is 7.19. The van der Waals surface area contributed by atoms with Gasteiger partial charge in [-0.1, -0.05) is 18.2 Å². The first kappa shape index (κ1) is 18.5. The zero-order chi connectivity index (χ0) is 18.8. The van der Waals surface area contributed by atoms with Gasteiger partial charge in [-0.3, -0.25) is 14.4 Å². The lowest BCUT2D eigenvalue weighted by atomic mass is 9.82. The molecule has 1 aromatic rings. The molecule has 26 heavy (non-hydrogen) atoms. The lowest BCUT2D eigenvalue weighted by Gasteiger charge is -2.24. The molecule has 0 aromatic heterocycles. The Labute approximate surface area is 152 Å². The van der Waals surface area contributed by atoms with Gasteiger partial charge in [-0.15, -0.1) is 0 Å². The van der Waals surface area contributed by atoms with Gasteiger partial charge in [0.25, 0.3) is 0 Å². The van der Waals surface area contributed by atoms with Crippen LogP contribution in [0.2, 0.25) is 0 Å². The van der Waals surface area contributed by atoms with Crippen molar-refractivity contribution in [2.24, 2.45) is 17.6 Å². The number of benzene rings is 1. The number of fused-ring (bicyclic) bond motifs is 1. The maximum Gasteiger partial charge on any atom is 0.221 e. The highest BCUT2D eigenvalue weighted by Crippen LogP contribution is 2.38. The van der Waals surface area contributed by atoms with Crippen molar-refractivity contribution in [3.63, 3.8) is 0 Å². The number of amides is 1. The summed E-state index contributed by atoms with van der Waals surface area (Å²) in [4.78, 5) is 49.3. The van der Waals surface area contributed by atoms with E-state index in [4.69, 9.17) is 5.73 Å². The molecular weight excluding hydrogens is 332 g/mol. The molecule has 0 bridgehead atoms. The van der Waals surface area contributed by atoms with Crippen LogP contribution in [-0.2, 0) is 9.59 Å². The summed E-state index contributed by atoms with van der Waals surface area (Å²) in [5.74, 6) is -3.32. The summed E-state index contributed by atoms with van der Waals surface area (Å²) >= 11 is 0. The molecule has 1 saturated heterocycles. The molecule has 1 fully saturated rings. The smallest absolute Gasteiger partial charge is 0.221 e. The number of nitrogens with one attached hydrogen (secondary N) is 1. The largest absolute Gasteiger partial charge is 0.369 e. The monoisotopic (exact) mass is 356 g/mol. The van der Waals surface area contributed by atoms with Crippen LogP contribution in [0.1, 0.15) is 64.8 Å². The van der Waals surface area contributed by atoms with Crippen LogP contribution >= 0.6 is 0 Å². The second-order valence-electron chi connectivity index (χ2n) is 7.27. The topological polar surface area (TPSA) is 106 Å². The fourth-order valence-electron chi connectivity index (χ4n) is 4.15. The lowest BCUT2D eigenvalue weighted by molar-refractivity contribution is -0.123. The van der Waals surface area contributed by atoms with E-state index in [1.54, 1.807) is 12.1 Å². The van der Waals surface area contributed by atoms with Crippen molar-refractivity contribution in [2.45, 2.75) is 38.5 Å². The van der Waals surface area contributed by atoms with Crippen LogP contribution in [0.15, 0.2) is 18.2 Å². The number of carbonyl (C=O) groups excluding carboxylic acids is 4. The average molecular weight is 356 g/mol. The fourth-order valence-corrected chi connectivity index (χ4v) is 4.15. The highest BCUT2D eigenvalue weighted by atomic mass is 16.2. The van der Waals surface area contributed by atoms with Gasteiger partial charge in [0.15, 0.2) is 11.6 Å². The number of piperidine rings is 1. The molecule has 0 spiro atoms. The Kier molecular flexibility index (Phi) is 5.32. The Morgan fingerprint density at radius 3 is 2.65 bits per heavy atom. The van der Waals surface area contributed by atoms with Crippen molar-refractivity contribution in [3.05, 3.63) is 34.9 Å². The molecular formula is C20H24N2O4. The van der Waals surface area contributed by atoms with E-state index < -0.39 is 17.7 Å². The van der Waals surface area contributed by atoms with Crippen molar-refractivity contribution < 1.29 is 19.2 Å². The van der Waals surface area contributed by atoms with Gasteiger partial charge >= 0.3 is 0 Å². The minimum absolute atomic E-state index is 0.0966. The van der Waals surface area contributed by atoms with Crippen LogP contribution in [0.25, 0.3) is 0 Å². The van der Waals surface area contributed by atoms with Gasteiger partial charge in [0.1, 0.15) is 5.78 Å². The van der Waals surface area contributed by atoms with Gasteiger partial charge in [-0.25, -0.2) is 0 Å². The highest BCUT2D eigenvalue weighted by molar-refractivity contribution is 6.28. The van der Waals surface area contributed by atoms with Crippen molar-refractivity contribution in [1.29, 1.82) is 0 Å². The van der Waals surface area contributed by atoms with Gasteiger partial charge in [-0.2, -0.15) is 0 Å². The molecule has 3 atom stereocenters. The highest BCUT2D eigenvalue weighted by Gasteiger charge is 2.46. The van der Waals surface area contributed by atoms with Crippen LogP contribution in [0, 0.1) is 11.8 Å². The molecule has 1 amide bonds. The number of nitrogens with two attached hydrogens (primary N) is 1. The van der Waals surface area contributed by atoms with E-state index in [0.717, 1.165) is 31.5 Å². The van der Waals surface area contributed by atoms with Crippen LogP contribution in [0.5, 0.6) is 0 Å². The van der Waals surface area contributed by atoms with E-state index in [0.29, 0.717) is 11.1 Å². The third kappa shape index (κ3) is 3.33. The number of ketones is 3. The average Bonchev–Trinajstić information content (AvgIpc) is 2.87. The van der Waals surface area contributed by atoms with Crippen LogP contribution < -0.4 is 11.1 Å². The van der Waals surface area contributed by atoms with Gasteiger partial charge in [0.05, 0.1) is 11.8 Å². The van der Waals surface area contributed by atoms with E-state index in [2.05, 4.69) is 5.32 Å². The number of hydrogen-bond donors (Lipinski definition) is 2. The van der Waals surface area contributed by atoms with Gasteiger partial charge in [-0.05, 0) is 44.2 Å². The van der Waals surface area contributed by atoms with E-state index >= 15 is 0 Å².